The highest BCUT2D eigenvalue weighted by Gasteiger charge is 2.28. The minimum Gasteiger partial charge on any atom is -0.379 e. The number of amides is 1. The lowest BCUT2D eigenvalue weighted by Crippen LogP contribution is -2.40. The fourth-order valence-electron chi connectivity index (χ4n) is 3.24. The summed E-state index contributed by atoms with van der Waals surface area (Å²) in [5, 5.41) is 0.158. The van der Waals surface area contributed by atoms with Crippen LogP contribution in [0.2, 0.25) is 0 Å². The number of benzene rings is 1. The second-order valence-corrected chi connectivity index (χ2v) is 9.83. The van der Waals surface area contributed by atoms with Gasteiger partial charge in [0.1, 0.15) is 10.1 Å². The molecule has 1 atom stereocenters. The highest BCUT2D eigenvalue weighted by atomic mass is 32.2. The molecule has 30 heavy (non-hydrogen) atoms. The number of hydrogen-bond donors (Lipinski definition) is 0. The molecule has 2 aromatic rings. The van der Waals surface area contributed by atoms with E-state index >= 15 is 0 Å². The number of likely N-dealkylation sites (N-methyl/N-ethyl adjacent to an activating group) is 1. The van der Waals surface area contributed by atoms with Gasteiger partial charge in [-0.1, -0.05) is 42.1 Å². The molecule has 9 heteroatoms. The van der Waals surface area contributed by atoms with Crippen LogP contribution in [0.4, 0.5) is 0 Å². The highest BCUT2D eigenvalue weighted by molar-refractivity contribution is 8.00. The van der Waals surface area contributed by atoms with Crippen LogP contribution < -0.4 is 0 Å². The predicted octanol–water partition coefficient (Wildman–Crippen LogP) is 2.80. The number of morpholine rings is 1. The maximum absolute atomic E-state index is 13.1. The number of thioether (sulfide) groups is 1. The Kier molecular flexibility index (Phi) is 7.87. The molecule has 1 fully saturated rings. The van der Waals surface area contributed by atoms with E-state index in [-0.39, 0.29) is 10.8 Å². The predicted molar refractivity (Wildman–Crippen MR) is 117 cm³/mol. The zero-order valence-electron chi connectivity index (χ0n) is 17.2. The Bertz CT molecular complexity index is 926. The van der Waals surface area contributed by atoms with Gasteiger partial charge < -0.3 is 9.64 Å². The van der Waals surface area contributed by atoms with E-state index in [0.717, 1.165) is 5.56 Å². The van der Waals surface area contributed by atoms with Crippen molar-refractivity contribution in [3.63, 3.8) is 0 Å². The van der Waals surface area contributed by atoms with Gasteiger partial charge in [-0.05, 0) is 31.5 Å². The minimum absolute atomic E-state index is 0.0167. The molecule has 0 aliphatic carbocycles. The van der Waals surface area contributed by atoms with Crippen LogP contribution in [-0.2, 0) is 19.6 Å². The SMILES string of the molecule is CCN(CC)C(=O)C(Sc1ccc(S(=O)(=O)N2CCOCC2)cn1)c1ccccc1. The van der Waals surface area contributed by atoms with Crippen LogP contribution in [0.15, 0.2) is 58.6 Å². The molecule has 1 aromatic carbocycles. The molecule has 0 spiro atoms. The van der Waals surface area contributed by atoms with E-state index in [2.05, 4.69) is 4.98 Å². The standard InChI is InChI=1S/C21H27N3O4S2/c1-3-23(4-2)21(25)20(17-8-6-5-7-9-17)29-19-11-10-18(16-22-19)30(26,27)24-12-14-28-15-13-24/h5-11,16,20H,3-4,12-15H2,1-2H3. The lowest BCUT2D eigenvalue weighted by molar-refractivity contribution is -0.130. The zero-order valence-corrected chi connectivity index (χ0v) is 18.9. The Balaban J connectivity index is 1.82. The van der Waals surface area contributed by atoms with Gasteiger partial charge in [0, 0.05) is 32.4 Å². The van der Waals surface area contributed by atoms with Crippen molar-refractivity contribution in [1.29, 1.82) is 0 Å². The van der Waals surface area contributed by atoms with Gasteiger partial charge in [0.05, 0.1) is 18.2 Å². The van der Waals surface area contributed by atoms with E-state index in [1.165, 1.54) is 22.3 Å². The van der Waals surface area contributed by atoms with E-state index < -0.39 is 15.3 Å². The van der Waals surface area contributed by atoms with Crippen LogP contribution >= 0.6 is 11.8 Å². The third-order valence-corrected chi connectivity index (χ3v) is 8.03. The average Bonchev–Trinajstić information content (AvgIpc) is 2.79. The third-order valence-electron chi connectivity index (χ3n) is 4.96. The van der Waals surface area contributed by atoms with Crippen molar-refractivity contribution in [2.75, 3.05) is 39.4 Å². The van der Waals surface area contributed by atoms with Gasteiger partial charge in [-0.3, -0.25) is 4.79 Å². The van der Waals surface area contributed by atoms with E-state index in [1.807, 2.05) is 44.2 Å². The van der Waals surface area contributed by atoms with Crippen LogP contribution in [0.1, 0.15) is 24.7 Å². The smallest absolute Gasteiger partial charge is 0.244 e. The minimum atomic E-state index is -3.59. The van der Waals surface area contributed by atoms with E-state index in [4.69, 9.17) is 4.74 Å². The van der Waals surface area contributed by atoms with Crippen LogP contribution in [0.5, 0.6) is 0 Å². The first-order valence-electron chi connectivity index (χ1n) is 10.0. The molecule has 1 aliphatic rings. The van der Waals surface area contributed by atoms with Crippen molar-refractivity contribution in [3.8, 4) is 0 Å². The second kappa shape index (κ2) is 10.4. The van der Waals surface area contributed by atoms with Gasteiger partial charge in [-0.2, -0.15) is 4.31 Å². The van der Waals surface area contributed by atoms with Crippen molar-refractivity contribution in [2.24, 2.45) is 0 Å². The topological polar surface area (TPSA) is 79.8 Å². The molecule has 2 heterocycles. The average molecular weight is 450 g/mol. The second-order valence-electron chi connectivity index (χ2n) is 6.77. The summed E-state index contributed by atoms with van der Waals surface area (Å²) in [6.07, 6.45) is 1.37. The largest absolute Gasteiger partial charge is 0.379 e. The van der Waals surface area contributed by atoms with Crippen LogP contribution in [0.3, 0.4) is 0 Å². The summed E-state index contributed by atoms with van der Waals surface area (Å²) in [5.74, 6) is 0.0167. The fraction of sp³-hybridized carbons (Fsp3) is 0.429. The van der Waals surface area contributed by atoms with Crippen molar-refractivity contribution in [1.82, 2.24) is 14.2 Å². The summed E-state index contributed by atoms with van der Waals surface area (Å²) < 4.78 is 32.2. The quantitative estimate of drug-likeness (QED) is 0.577. The van der Waals surface area contributed by atoms with Crippen LogP contribution in [0, 0.1) is 0 Å². The molecule has 1 saturated heterocycles. The number of hydrogen-bond acceptors (Lipinski definition) is 6. The van der Waals surface area contributed by atoms with Gasteiger partial charge in [0.2, 0.25) is 15.9 Å². The number of rotatable bonds is 8. The molecule has 0 saturated carbocycles. The Morgan fingerprint density at radius 2 is 1.80 bits per heavy atom. The number of carbonyl (C=O) groups excluding carboxylic acids is 1. The Hall–Kier alpha value is -1.94. The molecule has 162 valence electrons. The molecule has 7 nitrogen and oxygen atoms in total. The molecule has 3 rings (SSSR count). The number of ether oxygens (including phenoxy) is 1. The monoisotopic (exact) mass is 449 g/mol. The van der Waals surface area contributed by atoms with Crippen LogP contribution in [-0.4, -0.2) is 67.9 Å². The molecule has 1 aliphatic heterocycles. The number of carbonyl (C=O) groups is 1. The summed E-state index contributed by atoms with van der Waals surface area (Å²) in [6.45, 7) is 6.64. The van der Waals surface area contributed by atoms with Crippen molar-refractivity contribution in [3.05, 3.63) is 54.2 Å². The molecular formula is C21H27N3O4S2. The first-order valence-corrected chi connectivity index (χ1v) is 12.3. The Labute approximate surface area is 182 Å². The molecule has 1 unspecified atom stereocenters. The number of nitrogens with zero attached hydrogens (tertiary/aromatic N) is 3. The third kappa shape index (κ3) is 5.21. The first-order chi connectivity index (χ1) is 14.5. The van der Waals surface area contributed by atoms with Gasteiger partial charge in [0.15, 0.2) is 0 Å². The summed E-state index contributed by atoms with van der Waals surface area (Å²) in [5.41, 5.74) is 0.895. The maximum Gasteiger partial charge on any atom is 0.244 e. The van der Waals surface area contributed by atoms with Crippen molar-refractivity contribution in [2.45, 2.75) is 29.0 Å². The number of sulfonamides is 1. The van der Waals surface area contributed by atoms with E-state index in [9.17, 15) is 13.2 Å². The lowest BCUT2D eigenvalue weighted by atomic mass is 10.1. The fourth-order valence-corrected chi connectivity index (χ4v) is 5.63. The molecular weight excluding hydrogens is 422 g/mol. The van der Waals surface area contributed by atoms with Crippen molar-refractivity contribution >= 4 is 27.7 Å². The maximum atomic E-state index is 13.1. The van der Waals surface area contributed by atoms with Gasteiger partial charge in [0.25, 0.3) is 0 Å². The van der Waals surface area contributed by atoms with E-state index in [1.54, 1.807) is 17.0 Å². The summed E-state index contributed by atoms with van der Waals surface area (Å²) in [7, 11) is -3.59. The Morgan fingerprint density at radius 1 is 1.13 bits per heavy atom. The zero-order chi connectivity index (χ0) is 21.6. The number of pyridine rings is 1. The van der Waals surface area contributed by atoms with Gasteiger partial charge in [-0.25, -0.2) is 13.4 Å². The summed E-state index contributed by atoms with van der Waals surface area (Å²) in [4.78, 5) is 19.4. The van der Waals surface area contributed by atoms with E-state index in [0.29, 0.717) is 44.4 Å². The highest BCUT2D eigenvalue weighted by Crippen LogP contribution is 2.36. The lowest BCUT2D eigenvalue weighted by Gasteiger charge is -2.26. The van der Waals surface area contributed by atoms with Gasteiger partial charge >= 0.3 is 0 Å². The van der Waals surface area contributed by atoms with Crippen molar-refractivity contribution < 1.29 is 17.9 Å². The van der Waals surface area contributed by atoms with Crippen LogP contribution in [0.25, 0.3) is 0 Å². The molecule has 0 radical (unpaired) electrons. The molecule has 1 aromatic heterocycles. The number of aromatic nitrogens is 1. The first kappa shape index (κ1) is 22.7. The summed E-state index contributed by atoms with van der Waals surface area (Å²) >= 11 is 1.33. The Morgan fingerprint density at radius 3 is 2.37 bits per heavy atom. The molecule has 0 bridgehead atoms. The van der Waals surface area contributed by atoms with Gasteiger partial charge in [-0.15, -0.1) is 0 Å². The molecule has 1 amide bonds. The summed E-state index contributed by atoms with van der Waals surface area (Å²) in [6, 6.07) is 12.8. The normalized spacial score (nSPS) is 16.2. The molecule has 0 N–H and O–H groups in total.